The first-order chi connectivity index (χ1) is 17.1. The molecule has 0 radical (unpaired) electrons. The van der Waals surface area contributed by atoms with Crippen molar-refractivity contribution in [3.63, 3.8) is 0 Å². The summed E-state index contributed by atoms with van der Waals surface area (Å²) in [5, 5.41) is 4.96. The highest BCUT2D eigenvalue weighted by Crippen LogP contribution is 2.28. The van der Waals surface area contributed by atoms with E-state index >= 15 is 0 Å². The van der Waals surface area contributed by atoms with Crippen molar-refractivity contribution in [3.8, 4) is 5.75 Å². The molecule has 1 N–H and O–H groups in total. The van der Waals surface area contributed by atoms with Gasteiger partial charge in [-0.1, -0.05) is 48.5 Å². The van der Waals surface area contributed by atoms with E-state index in [2.05, 4.69) is 5.32 Å². The molecule has 0 aromatic heterocycles. The van der Waals surface area contributed by atoms with Crippen molar-refractivity contribution in [1.82, 2.24) is 0 Å². The molecule has 0 aliphatic heterocycles. The number of hydrogen-bond donors (Lipinski definition) is 1. The Balaban J connectivity index is 1.43. The fraction of sp³-hybridized carbons (Fsp3) is 0.133. The Kier molecular flexibility index (Phi) is 7.58. The third kappa shape index (κ3) is 5.76. The molecule has 2 amide bonds. The topological polar surface area (TPSA) is 58.6 Å². The molecule has 5 nitrogen and oxygen atoms in total. The summed E-state index contributed by atoms with van der Waals surface area (Å²) in [5.41, 5.74) is 2.96. The predicted octanol–water partition coefficient (Wildman–Crippen LogP) is 6.56. The van der Waals surface area contributed by atoms with Gasteiger partial charge in [0.1, 0.15) is 5.75 Å². The van der Waals surface area contributed by atoms with Gasteiger partial charge in [0, 0.05) is 29.3 Å². The number of nitrogens with one attached hydrogen (secondary N) is 1. The fourth-order valence-corrected chi connectivity index (χ4v) is 3.92. The Hall–Kier alpha value is -4.38. The molecule has 176 valence electrons. The Morgan fingerprint density at radius 3 is 2.29 bits per heavy atom. The second-order valence-electron chi connectivity index (χ2n) is 7.95. The van der Waals surface area contributed by atoms with Crippen LogP contribution in [0.1, 0.15) is 29.8 Å². The molecule has 0 heterocycles. The number of carbonyl (C=O) groups is 2. The van der Waals surface area contributed by atoms with E-state index in [9.17, 15) is 9.59 Å². The molecule has 4 aromatic rings. The van der Waals surface area contributed by atoms with Crippen molar-refractivity contribution < 1.29 is 14.3 Å². The van der Waals surface area contributed by atoms with Crippen LogP contribution in [0.15, 0.2) is 97.1 Å². The van der Waals surface area contributed by atoms with E-state index in [0.29, 0.717) is 24.4 Å². The standard InChI is InChI=1S/C30H28N2O3/c1-3-32(28-11-7-9-23-8-5-6-10-27(23)28)30(34)24-15-17-25(18-16-24)31-29(33)21-14-22-12-19-26(20-13-22)35-4-2/h5-21H,3-4H2,1-2H3,(H,31,33)/b21-14+. The number of carbonyl (C=O) groups excluding carboxylic acids is 2. The highest BCUT2D eigenvalue weighted by Gasteiger charge is 2.18. The van der Waals surface area contributed by atoms with E-state index in [1.165, 1.54) is 6.08 Å². The first-order valence-corrected chi connectivity index (χ1v) is 11.7. The molecular weight excluding hydrogens is 436 g/mol. The molecule has 0 fully saturated rings. The molecule has 0 saturated carbocycles. The van der Waals surface area contributed by atoms with Crippen molar-refractivity contribution >= 4 is 40.0 Å². The van der Waals surface area contributed by atoms with Crippen molar-refractivity contribution in [2.45, 2.75) is 13.8 Å². The number of amides is 2. The van der Waals surface area contributed by atoms with Crippen LogP contribution in [0.4, 0.5) is 11.4 Å². The minimum Gasteiger partial charge on any atom is -0.494 e. The quantitative estimate of drug-likeness (QED) is 0.301. The van der Waals surface area contributed by atoms with Crippen LogP contribution < -0.4 is 15.0 Å². The Morgan fingerprint density at radius 2 is 1.57 bits per heavy atom. The van der Waals surface area contributed by atoms with E-state index in [1.807, 2.05) is 80.6 Å². The van der Waals surface area contributed by atoms with E-state index in [0.717, 1.165) is 27.8 Å². The lowest BCUT2D eigenvalue weighted by atomic mass is 10.1. The maximum absolute atomic E-state index is 13.3. The SMILES string of the molecule is CCOc1ccc(/C=C/C(=O)Nc2ccc(C(=O)N(CC)c3cccc4ccccc34)cc2)cc1. The van der Waals surface area contributed by atoms with Crippen molar-refractivity contribution in [2.24, 2.45) is 0 Å². The second kappa shape index (κ2) is 11.2. The summed E-state index contributed by atoms with van der Waals surface area (Å²) in [7, 11) is 0. The lowest BCUT2D eigenvalue weighted by Gasteiger charge is -2.23. The largest absolute Gasteiger partial charge is 0.494 e. The lowest BCUT2D eigenvalue weighted by molar-refractivity contribution is -0.111. The number of fused-ring (bicyclic) bond motifs is 1. The molecule has 0 saturated heterocycles. The van der Waals surface area contributed by atoms with Gasteiger partial charge in [0.25, 0.3) is 5.91 Å². The molecule has 35 heavy (non-hydrogen) atoms. The summed E-state index contributed by atoms with van der Waals surface area (Å²) < 4.78 is 5.43. The Morgan fingerprint density at radius 1 is 0.857 bits per heavy atom. The summed E-state index contributed by atoms with van der Waals surface area (Å²) >= 11 is 0. The number of benzene rings is 4. The maximum Gasteiger partial charge on any atom is 0.258 e. The van der Waals surface area contributed by atoms with Gasteiger partial charge in [0.2, 0.25) is 5.91 Å². The monoisotopic (exact) mass is 464 g/mol. The summed E-state index contributed by atoms with van der Waals surface area (Å²) in [4.78, 5) is 27.4. The molecule has 0 spiro atoms. The van der Waals surface area contributed by atoms with Gasteiger partial charge in [-0.2, -0.15) is 0 Å². The van der Waals surface area contributed by atoms with E-state index < -0.39 is 0 Å². The van der Waals surface area contributed by atoms with Gasteiger partial charge < -0.3 is 15.0 Å². The third-order valence-corrected chi connectivity index (χ3v) is 5.64. The molecule has 0 atom stereocenters. The van der Waals surface area contributed by atoms with Gasteiger partial charge in [-0.05, 0) is 73.3 Å². The summed E-state index contributed by atoms with van der Waals surface area (Å²) in [5.74, 6) is 0.465. The predicted molar refractivity (Wildman–Crippen MR) is 143 cm³/mol. The van der Waals surface area contributed by atoms with Gasteiger partial charge in [-0.3, -0.25) is 9.59 Å². The number of ether oxygens (including phenoxy) is 1. The van der Waals surface area contributed by atoms with Crippen LogP contribution in [0.2, 0.25) is 0 Å². The molecule has 0 aliphatic carbocycles. The highest BCUT2D eigenvalue weighted by molar-refractivity contribution is 6.11. The Labute approximate surface area is 205 Å². The molecular formula is C30H28N2O3. The van der Waals surface area contributed by atoms with Gasteiger partial charge in [-0.15, -0.1) is 0 Å². The summed E-state index contributed by atoms with van der Waals surface area (Å²) in [6, 6.07) is 28.5. The first kappa shape index (κ1) is 23.8. The molecule has 4 rings (SSSR count). The minimum absolute atomic E-state index is 0.0860. The van der Waals surface area contributed by atoms with Crippen LogP contribution >= 0.6 is 0 Å². The zero-order valence-corrected chi connectivity index (χ0v) is 19.9. The van der Waals surface area contributed by atoms with Crippen LogP contribution in [-0.2, 0) is 4.79 Å². The van der Waals surface area contributed by atoms with Crippen molar-refractivity contribution in [2.75, 3.05) is 23.4 Å². The molecule has 5 heteroatoms. The Bertz CT molecular complexity index is 1340. The number of anilines is 2. The maximum atomic E-state index is 13.3. The van der Waals surface area contributed by atoms with Gasteiger partial charge >= 0.3 is 0 Å². The molecule has 0 unspecified atom stereocenters. The second-order valence-corrected chi connectivity index (χ2v) is 7.95. The first-order valence-electron chi connectivity index (χ1n) is 11.7. The fourth-order valence-electron chi connectivity index (χ4n) is 3.92. The molecule has 0 bridgehead atoms. The van der Waals surface area contributed by atoms with Crippen LogP contribution in [0.5, 0.6) is 5.75 Å². The third-order valence-electron chi connectivity index (χ3n) is 5.64. The van der Waals surface area contributed by atoms with Crippen LogP contribution in [0, 0.1) is 0 Å². The van der Waals surface area contributed by atoms with Crippen LogP contribution in [0.25, 0.3) is 16.8 Å². The number of rotatable bonds is 8. The normalized spacial score (nSPS) is 10.9. The zero-order valence-electron chi connectivity index (χ0n) is 19.9. The van der Waals surface area contributed by atoms with Gasteiger partial charge in [0.05, 0.1) is 12.3 Å². The number of nitrogens with zero attached hydrogens (tertiary/aromatic N) is 1. The lowest BCUT2D eigenvalue weighted by Crippen LogP contribution is -2.30. The van der Waals surface area contributed by atoms with Gasteiger partial charge in [0.15, 0.2) is 0 Å². The van der Waals surface area contributed by atoms with E-state index in [4.69, 9.17) is 4.74 Å². The van der Waals surface area contributed by atoms with E-state index in [1.54, 1.807) is 35.2 Å². The highest BCUT2D eigenvalue weighted by atomic mass is 16.5. The number of hydrogen-bond acceptors (Lipinski definition) is 3. The minimum atomic E-state index is -0.246. The molecule has 0 aliphatic rings. The summed E-state index contributed by atoms with van der Waals surface area (Å²) in [6.07, 6.45) is 3.22. The van der Waals surface area contributed by atoms with Crippen LogP contribution in [-0.4, -0.2) is 25.0 Å². The van der Waals surface area contributed by atoms with Gasteiger partial charge in [-0.25, -0.2) is 0 Å². The summed E-state index contributed by atoms with van der Waals surface area (Å²) in [6.45, 7) is 5.06. The smallest absolute Gasteiger partial charge is 0.258 e. The van der Waals surface area contributed by atoms with Crippen molar-refractivity contribution in [3.05, 3.63) is 108 Å². The van der Waals surface area contributed by atoms with Crippen LogP contribution in [0.3, 0.4) is 0 Å². The van der Waals surface area contributed by atoms with E-state index in [-0.39, 0.29) is 11.8 Å². The average molecular weight is 465 g/mol. The van der Waals surface area contributed by atoms with Crippen molar-refractivity contribution in [1.29, 1.82) is 0 Å². The average Bonchev–Trinajstić information content (AvgIpc) is 2.89. The molecule has 4 aromatic carbocycles. The zero-order chi connectivity index (χ0) is 24.6.